The molecule has 0 aliphatic carbocycles. The highest BCUT2D eigenvalue weighted by Gasteiger charge is 2.13. The Kier molecular flexibility index (Phi) is 4.27. The molecule has 2 aromatic carbocycles. The van der Waals surface area contributed by atoms with Crippen LogP contribution < -0.4 is 0 Å². The summed E-state index contributed by atoms with van der Waals surface area (Å²) in [6.07, 6.45) is 6.59. The minimum absolute atomic E-state index is 1.24. The molecule has 3 heterocycles. The lowest BCUT2D eigenvalue weighted by Crippen LogP contribution is -1.80. The van der Waals surface area contributed by atoms with Gasteiger partial charge in [-0.3, -0.25) is 0 Å². The highest BCUT2D eigenvalue weighted by atomic mass is 32.1. The molecule has 0 radical (unpaired) electrons. The van der Waals surface area contributed by atoms with E-state index in [-0.39, 0.29) is 0 Å². The van der Waals surface area contributed by atoms with Gasteiger partial charge in [-0.25, -0.2) is 0 Å². The van der Waals surface area contributed by atoms with Crippen LogP contribution in [0, 0.1) is 6.92 Å². The van der Waals surface area contributed by atoms with E-state index in [1.165, 1.54) is 77.3 Å². The summed E-state index contributed by atoms with van der Waals surface area (Å²) in [5.41, 5.74) is 0. The molecule has 0 bridgehead atoms. The monoisotopic (exact) mass is 394 g/mol. The number of fused-ring (bicyclic) bond motifs is 7. The summed E-state index contributed by atoms with van der Waals surface area (Å²) in [6.45, 7) is 4.50. The van der Waals surface area contributed by atoms with E-state index >= 15 is 0 Å². The summed E-state index contributed by atoms with van der Waals surface area (Å²) >= 11 is 5.90. The van der Waals surface area contributed by atoms with Gasteiger partial charge in [0.15, 0.2) is 0 Å². The Hall–Kier alpha value is -1.42. The second kappa shape index (κ2) is 6.63. The second-order valence-corrected chi connectivity index (χ2v) is 10.7. The van der Waals surface area contributed by atoms with Crippen LogP contribution in [-0.4, -0.2) is 0 Å². The molecular weight excluding hydrogens is 372 g/mol. The molecule has 26 heavy (non-hydrogen) atoms. The van der Waals surface area contributed by atoms with Crippen LogP contribution in [0.25, 0.3) is 40.3 Å². The van der Waals surface area contributed by atoms with E-state index in [4.69, 9.17) is 0 Å². The molecule has 3 aromatic heterocycles. The standard InChI is InChI=1S/C23H22S3/c1-3-4-5-6-7-15-13-19-21(25-15)11-9-17-16-8-10-20-18(12-14(2)24-20)22(16)26-23(17)19/h8-13H,3-7H2,1-2H3. The van der Waals surface area contributed by atoms with Gasteiger partial charge in [-0.05, 0) is 44.0 Å². The molecule has 0 spiro atoms. The smallest absolute Gasteiger partial charge is 0.0442 e. The Labute approximate surface area is 166 Å². The van der Waals surface area contributed by atoms with Crippen molar-refractivity contribution in [2.24, 2.45) is 0 Å². The fourth-order valence-electron chi connectivity index (χ4n) is 3.95. The van der Waals surface area contributed by atoms with Crippen molar-refractivity contribution in [3.63, 3.8) is 0 Å². The molecular formula is C23H22S3. The van der Waals surface area contributed by atoms with Crippen molar-refractivity contribution in [1.82, 2.24) is 0 Å². The average Bonchev–Trinajstić information content (AvgIpc) is 3.31. The second-order valence-electron chi connectivity index (χ2n) is 7.19. The molecule has 0 saturated carbocycles. The molecule has 132 valence electrons. The SMILES string of the molecule is CCCCCCc1cc2c(ccc3c4ccc5sc(C)cc5c4sc23)s1. The van der Waals surface area contributed by atoms with Crippen LogP contribution in [0.2, 0.25) is 0 Å². The van der Waals surface area contributed by atoms with Crippen LogP contribution in [0.1, 0.15) is 42.4 Å². The predicted octanol–water partition coefficient (Wildman–Crippen LogP) is 8.92. The topological polar surface area (TPSA) is 0 Å². The zero-order chi connectivity index (χ0) is 17.7. The van der Waals surface area contributed by atoms with Gasteiger partial charge in [0.05, 0.1) is 0 Å². The fraction of sp³-hybridized carbons (Fsp3) is 0.304. The van der Waals surface area contributed by atoms with Gasteiger partial charge in [-0.1, -0.05) is 38.3 Å². The van der Waals surface area contributed by atoms with Crippen LogP contribution in [0.15, 0.2) is 36.4 Å². The van der Waals surface area contributed by atoms with Gasteiger partial charge in [0.2, 0.25) is 0 Å². The van der Waals surface area contributed by atoms with E-state index in [1.807, 2.05) is 34.0 Å². The van der Waals surface area contributed by atoms with Crippen molar-refractivity contribution in [3.8, 4) is 0 Å². The maximum absolute atomic E-state index is 2.47. The minimum atomic E-state index is 1.24. The highest BCUT2D eigenvalue weighted by Crippen LogP contribution is 2.44. The first-order chi connectivity index (χ1) is 12.7. The summed E-state index contributed by atoms with van der Waals surface area (Å²) < 4.78 is 5.81. The molecule has 0 nitrogen and oxygen atoms in total. The molecule has 0 fully saturated rings. The lowest BCUT2D eigenvalue weighted by atomic mass is 10.1. The van der Waals surface area contributed by atoms with E-state index in [2.05, 4.69) is 50.2 Å². The van der Waals surface area contributed by atoms with E-state index < -0.39 is 0 Å². The molecule has 0 amide bonds. The van der Waals surface area contributed by atoms with Crippen molar-refractivity contribution >= 4 is 74.4 Å². The maximum atomic E-state index is 2.47. The molecule has 0 N–H and O–H groups in total. The summed E-state index contributed by atoms with van der Waals surface area (Å²) in [6, 6.07) is 14.2. The number of aryl methyl sites for hydroxylation is 2. The van der Waals surface area contributed by atoms with Crippen LogP contribution in [0.3, 0.4) is 0 Å². The quantitative estimate of drug-likeness (QED) is 0.261. The van der Waals surface area contributed by atoms with E-state index in [0.717, 1.165) is 0 Å². The largest absolute Gasteiger partial charge is 0.141 e. The summed E-state index contributed by atoms with van der Waals surface area (Å²) in [4.78, 5) is 2.96. The number of rotatable bonds is 5. The summed E-state index contributed by atoms with van der Waals surface area (Å²) in [5.74, 6) is 0. The first-order valence-electron chi connectivity index (χ1n) is 9.51. The average molecular weight is 395 g/mol. The van der Waals surface area contributed by atoms with Crippen LogP contribution in [0.4, 0.5) is 0 Å². The van der Waals surface area contributed by atoms with Crippen molar-refractivity contribution in [3.05, 3.63) is 46.2 Å². The lowest BCUT2D eigenvalue weighted by Gasteiger charge is -1.96. The Morgan fingerprint density at radius 2 is 1.38 bits per heavy atom. The maximum Gasteiger partial charge on any atom is 0.0442 e. The summed E-state index contributed by atoms with van der Waals surface area (Å²) in [5, 5.41) is 5.76. The number of unbranched alkanes of at least 4 members (excludes halogenated alkanes) is 3. The molecule has 0 unspecified atom stereocenters. The Bertz CT molecular complexity index is 1230. The first-order valence-corrected chi connectivity index (χ1v) is 12.0. The van der Waals surface area contributed by atoms with E-state index in [1.54, 1.807) is 4.88 Å². The Balaban J connectivity index is 1.66. The number of hydrogen-bond acceptors (Lipinski definition) is 3. The molecule has 3 heteroatoms. The highest BCUT2D eigenvalue weighted by molar-refractivity contribution is 7.29. The predicted molar refractivity (Wildman–Crippen MR) is 123 cm³/mol. The third kappa shape index (κ3) is 2.69. The van der Waals surface area contributed by atoms with Gasteiger partial charge in [-0.2, -0.15) is 0 Å². The normalized spacial score (nSPS) is 12.2. The molecule has 0 atom stereocenters. The van der Waals surface area contributed by atoms with Gasteiger partial charge in [0.25, 0.3) is 0 Å². The van der Waals surface area contributed by atoms with Crippen LogP contribution in [0.5, 0.6) is 0 Å². The lowest BCUT2D eigenvalue weighted by molar-refractivity contribution is 0.670. The van der Waals surface area contributed by atoms with Crippen molar-refractivity contribution in [2.45, 2.75) is 46.0 Å². The summed E-state index contributed by atoms with van der Waals surface area (Å²) in [7, 11) is 0. The molecule has 0 aliphatic rings. The van der Waals surface area contributed by atoms with Crippen LogP contribution >= 0.6 is 34.0 Å². The molecule has 0 aliphatic heterocycles. The fourth-order valence-corrected chi connectivity index (χ4v) is 7.46. The zero-order valence-electron chi connectivity index (χ0n) is 15.2. The first kappa shape index (κ1) is 16.7. The number of hydrogen-bond donors (Lipinski definition) is 0. The van der Waals surface area contributed by atoms with E-state index in [9.17, 15) is 0 Å². The van der Waals surface area contributed by atoms with Crippen molar-refractivity contribution in [1.29, 1.82) is 0 Å². The zero-order valence-corrected chi connectivity index (χ0v) is 17.7. The van der Waals surface area contributed by atoms with Crippen LogP contribution in [-0.2, 0) is 6.42 Å². The van der Waals surface area contributed by atoms with Gasteiger partial charge in [-0.15, -0.1) is 34.0 Å². The number of benzene rings is 2. The van der Waals surface area contributed by atoms with Gasteiger partial charge in [0.1, 0.15) is 0 Å². The minimum Gasteiger partial charge on any atom is -0.141 e. The van der Waals surface area contributed by atoms with Crippen molar-refractivity contribution < 1.29 is 0 Å². The van der Waals surface area contributed by atoms with E-state index in [0.29, 0.717) is 0 Å². The molecule has 0 saturated heterocycles. The van der Waals surface area contributed by atoms with Gasteiger partial charge < -0.3 is 0 Å². The Morgan fingerprint density at radius 3 is 2.12 bits per heavy atom. The molecule has 5 aromatic rings. The Morgan fingerprint density at radius 1 is 0.692 bits per heavy atom. The third-order valence-electron chi connectivity index (χ3n) is 5.25. The molecule has 5 rings (SSSR count). The number of thiophene rings is 3. The third-order valence-corrected chi connectivity index (χ3v) is 8.71. The van der Waals surface area contributed by atoms with Crippen molar-refractivity contribution in [2.75, 3.05) is 0 Å². The van der Waals surface area contributed by atoms with Gasteiger partial charge in [0, 0.05) is 50.1 Å². The van der Waals surface area contributed by atoms with Gasteiger partial charge >= 0.3 is 0 Å².